The van der Waals surface area contributed by atoms with Gasteiger partial charge in [0.25, 0.3) is 5.91 Å². The number of rotatable bonds is 2. The Morgan fingerprint density at radius 2 is 1.94 bits per heavy atom. The highest BCUT2D eigenvalue weighted by atomic mass is 79.9. The van der Waals surface area contributed by atoms with E-state index in [-0.39, 0.29) is 17.7 Å². The lowest BCUT2D eigenvalue weighted by Crippen LogP contribution is -2.40. The van der Waals surface area contributed by atoms with Crippen LogP contribution in [0.15, 0.2) is 24.3 Å². The average Bonchev–Trinajstić information content (AvgIpc) is 2.55. The molecule has 18 heavy (non-hydrogen) atoms. The number of phenols is 1. The molecule has 2 atom stereocenters. The normalized spacial score (nSPS) is 24.3. The molecule has 1 aliphatic carbocycles. The number of hydrogen-bond acceptors (Lipinski definition) is 2. The van der Waals surface area contributed by atoms with Gasteiger partial charge in [-0.25, -0.2) is 0 Å². The summed E-state index contributed by atoms with van der Waals surface area (Å²) in [6.07, 6.45) is 5.67. The molecule has 98 valence electrons. The zero-order chi connectivity index (χ0) is 13.0. The molecule has 0 aromatic heterocycles. The van der Waals surface area contributed by atoms with Crippen LogP contribution in [0.1, 0.15) is 42.5 Å². The Balaban J connectivity index is 2.04. The predicted molar refractivity (Wildman–Crippen MR) is 75.2 cm³/mol. The number of phenolic OH excluding ortho intramolecular Hbond substituents is 1. The molecule has 2 rings (SSSR count). The molecular formula is C14H18BrNO2. The summed E-state index contributed by atoms with van der Waals surface area (Å²) in [5, 5.41) is 12.7. The summed E-state index contributed by atoms with van der Waals surface area (Å²) in [6, 6.07) is 6.80. The third-order valence-electron chi connectivity index (χ3n) is 3.40. The first-order valence-corrected chi connectivity index (χ1v) is 7.33. The van der Waals surface area contributed by atoms with Crippen LogP contribution < -0.4 is 5.32 Å². The third-order valence-corrected chi connectivity index (χ3v) is 4.49. The van der Waals surface area contributed by atoms with Crippen LogP contribution >= 0.6 is 15.9 Å². The minimum atomic E-state index is -0.190. The van der Waals surface area contributed by atoms with Crippen molar-refractivity contribution in [2.24, 2.45) is 0 Å². The lowest BCUT2D eigenvalue weighted by atomic mass is 10.1. The van der Waals surface area contributed by atoms with E-state index >= 15 is 0 Å². The van der Waals surface area contributed by atoms with Crippen LogP contribution in [-0.2, 0) is 0 Å². The number of alkyl halides is 1. The number of carbonyl (C=O) groups is 1. The fourth-order valence-electron chi connectivity index (χ4n) is 2.34. The van der Waals surface area contributed by atoms with Crippen molar-refractivity contribution >= 4 is 21.8 Å². The van der Waals surface area contributed by atoms with Crippen LogP contribution in [0.5, 0.6) is 5.75 Å². The van der Waals surface area contributed by atoms with Gasteiger partial charge in [-0.15, -0.1) is 0 Å². The average molecular weight is 312 g/mol. The molecule has 1 fully saturated rings. The minimum Gasteiger partial charge on any atom is -0.507 e. The zero-order valence-electron chi connectivity index (χ0n) is 10.2. The summed E-state index contributed by atoms with van der Waals surface area (Å²) >= 11 is 3.65. The van der Waals surface area contributed by atoms with Gasteiger partial charge < -0.3 is 10.4 Å². The largest absolute Gasteiger partial charge is 0.507 e. The first-order chi connectivity index (χ1) is 8.68. The van der Waals surface area contributed by atoms with E-state index in [1.807, 2.05) is 0 Å². The number of halogens is 1. The summed E-state index contributed by atoms with van der Waals surface area (Å²) in [6.45, 7) is 0. The molecular weight excluding hydrogens is 294 g/mol. The number of carbonyl (C=O) groups excluding carboxylic acids is 1. The maximum Gasteiger partial charge on any atom is 0.255 e. The lowest BCUT2D eigenvalue weighted by Gasteiger charge is -2.21. The van der Waals surface area contributed by atoms with Gasteiger partial charge in [0, 0.05) is 10.9 Å². The Bertz CT molecular complexity index is 422. The van der Waals surface area contributed by atoms with Crippen molar-refractivity contribution in [3.05, 3.63) is 29.8 Å². The quantitative estimate of drug-likeness (QED) is 0.651. The number of nitrogens with one attached hydrogen (secondary N) is 1. The van der Waals surface area contributed by atoms with Crippen molar-refractivity contribution in [3.8, 4) is 5.75 Å². The molecule has 3 nitrogen and oxygen atoms in total. The van der Waals surface area contributed by atoms with E-state index in [1.54, 1.807) is 18.2 Å². The molecule has 1 saturated carbocycles. The van der Waals surface area contributed by atoms with E-state index in [0.29, 0.717) is 10.4 Å². The third kappa shape index (κ3) is 3.25. The fourth-order valence-corrected chi connectivity index (χ4v) is 3.06. The van der Waals surface area contributed by atoms with Gasteiger partial charge in [-0.3, -0.25) is 4.79 Å². The molecule has 4 heteroatoms. The second-order valence-corrected chi connectivity index (χ2v) is 5.93. The van der Waals surface area contributed by atoms with Crippen molar-refractivity contribution in [3.63, 3.8) is 0 Å². The van der Waals surface area contributed by atoms with Gasteiger partial charge in [0.05, 0.1) is 5.56 Å². The molecule has 0 aliphatic heterocycles. The van der Waals surface area contributed by atoms with Gasteiger partial charge in [-0.05, 0) is 25.0 Å². The summed E-state index contributed by atoms with van der Waals surface area (Å²) < 4.78 is 0. The Morgan fingerprint density at radius 1 is 1.22 bits per heavy atom. The van der Waals surface area contributed by atoms with E-state index in [1.165, 1.54) is 18.9 Å². The second-order valence-electron chi connectivity index (χ2n) is 4.75. The van der Waals surface area contributed by atoms with Crippen LogP contribution in [0.25, 0.3) is 0 Å². The molecule has 0 bridgehead atoms. The van der Waals surface area contributed by atoms with E-state index < -0.39 is 0 Å². The maximum absolute atomic E-state index is 12.1. The Kier molecular flexibility index (Phi) is 4.64. The Morgan fingerprint density at radius 3 is 2.72 bits per heavy atom. The molecule has 1 aromatic carbocycles. The molecule has 1 aromatic rings. The zero-order valence-corrected chi connectivity index (χ0v) is 11.8. The van der Waals surface area contributed by atoms with Gasteiger partial charge in [-0.2, -0.15) is 0 Å². The van der Waals surface area contributed by atoms with Crippen LogP contribution in [-0.4, -0.2) is 21.9 Å². The van der Waals surface area contributed by atoms with Crippen LogP contribution in [0.2, 0.25) is 0 Å². The number of benzene rings is 1. The van der Waals surface area contributed by atoms with E-state index in [4.69, 9.17) is 0 Å². The van der Waals surface area contributed by atoms with Gasteiger partial charge in [0.2, 0.25) is 0 Å². The molecule has 1 amide bonds. The summed E-state index contributed by atoms with van der Waals surface area (Å²) in [4.78, 5) is 12.4. The Labute approximate surface area is 116 Å². The van der Waals surface area contributed by atoms with Crippen LogP contribution in [0.4, 0.5) is 0 Å². The highest BCUT2D eigenvalue weighted by Crippen LogP contribution is 2.24. The fraction of sp³-hybridized carbons (Fsp3) is 0.500. The molecule has 0 radical (unpaired) electrons. The highest BCUT2D eigenvalue weighted by Gasteiger charge is 2.24. The summed E-state index contributed by atoms with van der Waals surface area (Å²) in [5.74, 6) is -0.154. The van der Waals surface area contributed by atoms with E-state index in [9.17, 15) is 9.90 Å². The predicted octanol–water partition coefficient (Wildman–Crippen LogP) is 3.22. The number of para-hydroxylation sites is 1. The second kappa shape index (κ2) is 6.23. The van der Waals surface area contributed by atoms with Crippen molar-refractivity contribution in [2.45, 2.75) is 43.0 Å². The van der Waals surface area contributed by atoms with Gasteiger partial charge in [0.15, 0.2) is 0 Å². The maximum atomic E-state index is 12.1. The summed E-state index contributed by atoms with van der Waals surface area (Å²) in [5.41, 5.74) is 0.349. The monoisotopic (exact) mass is 311 g/mol. The minimum absolute atomic E-state index is 0.0368. The molecule has 1 aliphatic rings. The molecule has 2 N–H and O–H groups in total. The van der Waals surface area contributed by atoms with Crippen molar-refractivity contribution < 1.29 is 9.90 Å². The Hall–Kier alpha value is -1.03. The highest BCUT2D eigenvalue weighted by molar-refractivity contribution is 9.09. The molecule has 0 saturated heterocycles. The molecule has 2 unspecified atom stereocenters. The number of amides is 1. The number of aromatic hydroxyl groups is 1. The van der Waals surface area contributed by atoms with Gasteiger partial charge >= 0.3 is 0 Å². The van der Waals surface area contributed by atoms with Gasteiger partial charge in [0.1, 0.15) is 5.75 Å². The van der Waals surface area contributed by atoms with Crippen molar-refractivity contribution in [1.29, 1.82) is 0 Å². The first kappa shape index (κ1) is 13.4. The van der Waals surface area contributed by atoms with Crippen LogP contribution in [0.3, 0.4) is 0 Å². The smallest absolute Gasteiger partial charge is 0.255 e. The van der Waals surface area contributed by atoms with Crippen molar-refractivity contribution in [1.82, 2.24) is 5.32 Å². The molecule has 0 heterocycles. The molecule has 0 spiro atoms. The van der Waals surface area contributed by atoms with Crippen molar-refractivity contribution in [2.75, 3.05) is 0 Å². The number of hydrogen-bond donors (Lipinski definition) is 2. The summed E-state index contributed by atoms with van der Waals surface area (Å²) in [7, 11) is 0. The lowest BCUT2D eigenvalue weighted by molar-refractivity contribution is 0.0932. The van der Waals surface area contributed by atoms with E-state index in [2.05, 4.69) is 21.2 Å². The van der Waals surface area contributed by atoms with Gasteiger partial charge in [-0.1, -0.05) is 47.3 Å². The first-order valence-electron chi connectivity index (χ1n) is 6.41. The van der Waals surface area contributed by atoms with Crippen LogP contribution in [0, 0.1) is 0 Å². The standard InChI is InChI=1S/C14H18BrNO2/c15-11-7-2-1-3-8-12(11)16-14(18)10-6-4-5-9-13(10)17/h4-6,9,11-12,17H,1-3,7-8H2,(H,16,18). The SMILES string of the molecule is O=C(NC1CCCCCC1Br)c1ccccc1O. The van der Waals surface area contributed by atoms with E-state index in [0.717, 1.165) is 19.3 Å². The topological polar surface area (TPSA) is 49.3 Å².